The van der Waals surface area contributed by atoms with E-state index in [1.807, 2.05) is 0 Å². The number of hydrogen-bond acceptors (Lipinski definition) is 3. The Morgan fingerprint density at radius 3 is 2.47 bits per heavy atom. The first-order valence-electron chi connectivity index (χ1n) is 6.26. The predicted octanol–water partition coefficient (Wildman–Crippen LogP) is 3.12. The van der Waals surface area contributed by atoms with Crippen LogP contribution in [0.4, 0.5) is 4.39 Å². The van der Waals surface area contributed by atoms with E-state index >= 15 is 0 Å². The van der Waals surface area contributed by atoms with Crippen LogP contribution in [-0.2, 0) is 9.53 Å². The number of hydrogen-bond donors (Lipinski definition) is 1. The SMILES string of the molecule is C=C(F)C(O)CCCCCCCC(=O)OCC. The largest absolute Gasteiger partial charge is 0.466 e. The van der Waals surface area contributed by atoms with Crippen molar-refractivity contribution in [2.75, 3.05) is 6.61 Å². The van der Waals surface area contributed by atoms with Gasteiger partial charge in [0.25, 0.3) is 0 Å². The molecule has 3 nitrogen and oxygen atoms in total. The van der Waals surface area contributed by atoms with Crippen LogP contribution >= 0.6 is 0 Å². The molecule has 0 saturated heterocycles. The molecule has 0 fully saturated rings. The van der Waals surface area contributed by atoms with Crippen LogP contribution in [0.25, 0.3) is 0 Å². The minimum atomic E-state index is -1.02. The van der Waals surface area contributed by atoms with Crippen molar-refractivity contribution < 1.29 is 19.0 Å². The van der Waals surface area contributed by atoms with Crippen molar-refractivity contribution in [3.8, 4) is 0 Å². The van der Waals surface area contributed by atoms with Crippen LogP contribution in [0.3, 0.4) is 0 Å². The first-order valence-corrected chi connectivity index (χ1v) is 6.26. The molecule has 1 unspecified atom stereocenters. The Balaban J connectivity index is 3.24. The van der Waals surface area contributed by atoms with Gasteiger partial charge in [-0.1, -0.05) is 32.3 Å². The third-order valence-corrected chi connectivity index (χ3v) is 2.53. The Morgan fingerprint density at radius 1 is 1.29 bits per heavy atom. The molecule has 0 aliphatic heterocycles. The fraction of sp³-hybridized carbons (Fsp3) is 0.769. The minimum absolute atomic E-state index is 0.142. The van der Waals surface area contributed by atoms with Crippen molar-refractivity contribution in [1.29, 1.82) is 0 Å². The molecule has 4 heteroatoms. The Labute approximate surface area is 103 Å². The van der Waals surface area contributed by atoms with Gasteiger partial charge in [0.15, 0.2) is 0 Å². The van der Waals surface area contributed by atoms with E-state index in [9.17, 15) is 9.18 Å². The maximum Gasteiger partial charge on any atom is 0.305 e. The van der Waals surface area contributed by atoms with Gasteiger partial charge in [0.05, 0.1) is 6.61 Å². The van der Waals surface area contributed by atoms with Gasteiger partial charge in [-0.25, -0.2) is 4.39 Å². The summed E-state index contributed by atoms with van der Waals surface area (Å²) in [4.78, 5) is 11.0. The second kappa shape index (κ2) is 10.3. The average molecular weight is 246 g/mol. The van der Waals surface area contributed by atoms with E-state index in [1.165, 1.54) is 0 Å². The zero-order chi connectivity index (χ0) is 13.1. The van der Waals surface area contributed by atoms with Crippen LogP contribution in [0, 0.1) is 0 Å². The topological polar surface area (TPSA) is 46.5 Å². The molecule has 0 aromatic carbocycles. The molecule has 17 heavy (non-hydrogen) atoms. The van der Waals surface area contributed by atoms with Crippen LogP contribution in [0.5, 0.6) is 0 Å². The standard InChI is InChI=1S/C13H23FO3/c1-3-17-13(16)10-8-6-4-5-7-9-12(15)11(2)14/h12,15H,2-10H2,1H3. The highest BCUT2D eigenvalue weighted by Gasteiger charge is 2.07. The molecule has 0 aromatic heterocycles. The molecule has 100 valence electrons. The highest BCUT2D eigenvalue weighted by Crippen LogP contribution is 2.12. The fourth-order valence-corrected chi connectivity index (χ4v) is 1.53. The fourth-order valence-electron chi connectivity index (χ4n) is 1.53. The van der Waals surface area contributed by atoms with Crippen molar-refractivity contribution >= 4 is 5.97 Å². The molecular formula is C13H23FO3. The number of halogens is 1. The Hall–Kier alpha value is -0.900. The molecule has 0 heterocycles. The number of carbonyl (C=O) groups is 1. The van der Waals surface area contributed by atoms with Crippen LogP contribution in [0.15, 0.2) is 12.4 Å². The summed E-state index contributed by atoms with van der Waals surface area (Å²) in [6.45, 7) is 5.28. The second-order valence-corrected chi connectivity index (χ2v) is 4.07. The van der Waals surface area contributed by atoms with E-state index in [-0.39, 0.29) is 5.97 Å². The molecule has 0 aliphatic carbocycles. The molecule has 0 aliphatic rings. The number of rotatable bonds is 10. The summed E-state index contributed by atoms with van der Waals surface area (Å²) in [5.74, 6) is -0.802. The monoisotopic (exact) mass is 246 g/mol. The summed E-state index contributed by atoms with van der Waals surface area (Å²) in [6, 6.07) is 0. The van der Waals surface area contributed by atoms with Crippen molar-refractivity contribution in [3.05, 3.63) is 12.4 Å². The molecule has 0 amide bonds. The van der Waals surface area contributed by atoms with Gasteiger partial charge in [0.2, 0.25) is 0 Å². The van der Waals surface area contributed by atoms with Crippen LogP contribution < -0.4 is 0 Å². The van der Waals surface area contributed by atoms with Crippen molar-refractivity contribution in [1.82, 2.24) is 0 Å². The van der Waals surface area contributed by atoms with Crippen molar-refractivity contribution in [3.63, 3.8) is 0 Å². The molecule has 0 radical (unpaired) electrons. The van der Waals surface area contributed by atoms with Crippen molar-refractivity contribution in [2.24, 2.45) is 0 Å². The first-order chi connectivity index (χ1) is 8.07. The predicted molar refractivity (Wildman–Crippen MR) is 65.2 cm³/mol. The van der Waals surface area contributed by atoms with E-state index < -0.39 is 11.9 Å². The van der Waals surface area contributed by atoms with Gasteiger partial charge in [-0.2, -0.15) is 0 Å². The molecule has 0 aromatic rings. The highest BCUT2D eigenvalue weighted by atomic mass is 19.1. The normalized spacial score (nSPS) is 12.2. The van der Waals surface area contributed by atoms with Crippen LogP contribution in [0.2, 0.25) is 0 Å². The summed E-state index contributed by atoms with van der Waals surface area (Å²) >= 11 is 0. The first kappa shape index (κ1) is 16.1. The van der Waals surface area contributed by atoms with Gasteiger partial charge in [0, 0.05) is 6.42 Å². The van der Waals surface area contributed by atoms with E-state index in [0.29, 0.717) is 19.4 Å². The quantitative estimate of drug-likeness (QED) is 0.476. The number of ether oxygens (including phenoxy) is 1. The second-order valence-electron chi connectivity index (χ2n) is 4.07. The van der Waals surface area contributed by atoms with Gasteiger partial charge in [0.1, 0.15) is 11.9 Å². The molecule has 0 bridgehead atoms. The van der Waals surface area contributed by atoms with Gasteiger partial charge < -0.3 is 9.84 Å². The summed E-state index contributed by atoms with van der Waals surface area (Å²) < 4.78 is 17.2. The van der Waals surface area contributed by atoms with Gasteiger partial charge in [-0.3, -0.25) is 4.79 Å². The highest BCUT2D eigenvalue weighted by molar-refractivity contribution is 5.69. The van der Waals surface area contributed by atoms with Gasteiger partial charge in [-0.05, 0) is 19.8 Å². The lowest BCUT2D eigenvalue weighted by Crippen LogP contribution is -2.05. The number of carbonyl (C=O) groups excluding carboxylic acids is 1. The minimum Gasteiger partial charge on any atom is -0.466 e. The molecular weight excluding hydrogens is 223 g/mol. The maximum atomic E-state index is 12.4. The Morgan fingerprint density at radius 2 is 1.88 bits per heavy atom. The summed E-state index contributed by atoms with van der Waals surface area (Å²) in [6.07, 6.45) is 4.38. The lowest BCUT2D eigenvalue weighted by atomic mass is 10.1. The van der Waals surface area contributed by atoms with Gasteiger partial charge in [-0.15, -0.1) is 0 Å². The number of unbranched alkanes of at least 4 members (excludes halogenated alkanes) is 4. The molecule has 0 rings (SSSR count). The zero-order valence-corrected chi connectivity index (χ0v) is 10.6. The van der Waals surface area contributed by atoms with Gasteiger partial charge >= 0.3 is 5.97 Å². The third kappa shape index (κ3) is 10.00. The third-order valence-electron chi connectivity index (χ3n) is 2.53. The summed E-state index contributed by atoms with van der Waals surface area (Å²) in [5, 5.41) is 9.13. The van der Waals surface area contributed by atoms with E-state index in [1.54, 1.807) is 6.92 Å². The molecule has 0 saturated carbocycles. The smallest absolute Gasteiger partial charge is 0.305 e. The number of esters is 1. The average Bonchev–Trinajstić information content (AvgIpc) is 2.27. The number of aliphatic hydroxyl groups excluding tert-OH is 1. The Bertz CT molecular complexity index is 229. The molecule has 0 spiro atoms. The maximum absolute atomic E-state index is 12.4. The Kier molecular flexibility index (Phi) is 9.72. The van der Waals surface area contributed by atoms with Crippen LogP contribution in [-0.4, -0.2) is 23.8 Å². The van der Waals surface area contributed by atoms with E-state index in [4.69, 9.17) is 9.84 Å². The van der Waals surface area contributed by atoms with Crippen molar-refractivity contribution in [2.45, 2.75) is 58.0 Å². The zero-order valence-electron chi connectivity index (χ0n) is 10.6. The number of aliphatic hydroxyl groups is 1. The lowest BCUT2D eigenvalue weighted by Gasteiger charge is -2.06. The molecule has 1 N–H and O–H groups in total. The lowest BCUT2D eigenvalue weighted by molar-refractivity contribution is -0.143. The summed E-state index contributed by atoms with van der Waals surface area (Å²) in [7, 11) is 0. The van der Waals surface area contributed by atoms with E-state index in [0.717, 1.165) is 32.1 Å². The molecule has 1 atom stereocenters. The van der Waals surface area contributed by atoms with Crippen LogP contribution in [0.1, 0.15) is 51.9 Å². The summed E-state index contributed by atoms with van der Waals surface area (Å²) in [5.41, 5.74) is 0. The van der Waals surface area contributed by atoms with E-state index in [2.05, 4.69) is 6.58 Å².